The van der Waals surface area contributed by atoms with Gasteiger partial charge in [-0.1, -0.05) is 11.6 Å². The fraction of sp³-hybridized carbons (Fsp3) is 0.471. The summed E-state index contributed by atoms with van der Waals surface area (Å²) in [6.07, 6.45) is -5.17. The highest BCUT2D eigenvalue weighted by atomic mass is 35.5. The Morgan fingerprint density at radius 3 is 2.62 bits per heavy atom. The second kappa shape index (κ2) is 6.63. The highest BCUT2D eigenvalue weighted by molar-refractivity contribution is 7.17. The Morgan fingerprint density at radius 2 is 2.07 bits per heavy atom. The molecule has 0 unspecified atom stereocenters. The second-order valence-corrected chi connectivity index (χ2v) is 8.55. The molecule has 0 aromatic carbocycles. The van der Waals surface area contributed by atoms with E-state index in [1.807, 2.05) is 0 Å². The highest BCUT2D eigenvalue weighted by Gasteiger charge is 2.55. The van der Waals surface area contributed by atoms with Crippen molar-refractivity contribution in [2.24, 2.45) is 5.41 Å². The monoisotopic (exact) mass is 449 g/mol. The van der Waals surface area contributed by atoms with Crippen molar-refractivity contribution in [2.75, 3.05) is 20.1 Å². The van der Waals surface area contributed by atoms with E-state index in [2.05, 4.69) is 10.3 Å². The predicted molar refractivity (Wildman–Crippen MR) is 98.7 cm³/mol. The molecule has 2 aromatic heterocycles. The number of nitrogens with zero attached hydrogens (tertiary/aromatic N) is 2. The maximum absolute atomic E-state index is 13.7. The zero-order valence-corrected chi connectivity index (χ0v) is 16.5. The summed E-state index contributed by atoms with van der Waals surface area (Å²) in [6.45, 7) is 0.753. The van der Waals surface area contributed by atoms with Crippen LogP contribution in [0.15, 0.2) is 5.38 Å². The molecule has 4 rings (SSSR count). The number of carboxylic acid groups (broad SMARTS) is 1. The number of likely N-dealkylation sites (tertiary alicyclic amines) is 1. The van der Waals surface area contributed by atoms with Crippen molar-refractivity contribution in [3.8, 4) is 5.88 Å². The number of alkyl halides is 3. The van der Waals surface area contributed by atoms with Gasteiger partial charge in [-0.15, -0.1) is 11.3 Å². The molecular formula is C17H15ClF3N3O4S. The smallest absolute Gasteiger partial charge is 0.419 e. The Labute approximate surface area is 171 Å². The maximum atomic E-state index is 13.7. The van der Waals surface area contributed by atoms with Gasteiger partial charge in [0.25, 0.3) is 5.91 Å². The van der Waals surface area contributed by atoms with Crippen LogP contribution in [0.3, 0.4) is 0 Å². The lowest BCUT2D eigenvalue weighted by atomic mass is 9.62. The lowest BCUT2D eigenvalue weighted by Crippen LogP contribution is -2.65. The minimum absolute atomic E-state index is 0.0145. The molecule has 12 heteroatoms. The third kappa shape index (κ3) is 3.25. The van der Waals surface area contributed by atoms with Gasteiger partial charge in [0.1, 0.15) is 11.1 Å². The molecule has 2 N–H and O–H groups in total. The van der Waals surface area contributed by atoms with Crippen LogP contribution in [0, 0.1) is 5.41 Å². The predicted octanol–water partition coefficient (Wildman–Crippen LogP) is 3.85. The second-order valence-electron chi connectivity index (χ2n) is 7.30. The molecule has 0 atom stereocenters. The number of hydrogen-bond donors (Lipinski definition) is 2. The molecule has 7 nitrogen and oxygen atoms in total. The van der Waals surface area contributed by atoms with Gasteiger partial charge in [0, 0.05) is 30.9 Å². The average molecular weight is 450 g/mol. The zero-order valence-electron chi connectivity index (χ0n) is 15.0. The first kappa shape index (κ1) is 20.0. The molecule has 1 saturated carbocycles. The Bertz CT molecular complexity index is 1010. The van der Waals surface area contributed by atoms with Gasteiger partial charge in [-0.2, -0.15) is 13.2 Å². The summed E-state index contributed by atoms with van der Waals surface area (Å²) in [4.78, 5) is 28.3. The molecule has 156 valence electrons. The van der Waals surface area contributed by atoms with Crippen LogP contribution in [0.1, 0.15) is 28.8 Å². The van der Waals surface area contributed by atoms with Crippen LogP contribution in [0.25, 0.3) is 10.2 Å². The van der Waals surface area contributed by atoms with E-state index < -0.39 is 34.9 Å². The average Bonchev–Trinajstić information content (AvgIpc) is 2.96. The molecule has 0 bridgehead atoms. The van der Waals surface area contributed by atoms with Crippen molar-refractivity contribution >= 4 is 45.2 Å². The largest absolute Gasteiger partial charge is 0.473 e. The number of carbonyl (C=O) groups is 2. The van der Waals surface area contributed by atoms with Crippen LogP contribution in [0.5, 0.6) is 5.88 Å². The molecule has 1 aliphatic heterocycles. The summed E-state index contributed by atoms with van der Waals surface area (Å²) in [5, 5.41) is 12.0. The van der Waals surface area contributed by atoms with Crippen molar-refractivity contribution in [1.29, 1.82) is 0 Å². The number of nitrogens with one attached hydrogen (secondary N) is 1. The summed E-state index contributed by atoms with van der Waals surface area (Å²) >= 11 is 6.76. The lowest BCUT2D eigenvalue weighted by molar-refractivity contribution is -0.136. The number of fused-ring (bicyclic) bond motifs is 1. The highest BCUT2D eigenvalue weighted by Crippen LogP contribution is 2.51. The lowest BCUT2D eigenvalue weighted by Gasteiger charge is -2.57. The van der Waals surface area contributed by atoms with Crippen molar-refractivity contribution in [3.63, 3.8) is 0 Å². The van der Waals surface area contributed by atoms with Gasteiger partial charge in [0.15, 0.2) is 0 Å². The molecule has 0 radical (unpaired) electrons. The molecule has 2 aromatic rings. The summed E-state index contributed by atoms with van der Waals surface area (Å²) in [6, 6.07) is 0. The van der Waals surface area contributed by atoms with Gasteiger partial charge in [-0.3, -0.25) is 4.79 Å². The van der Waals surface area contributed by atoms with Gasteiger partial charge >= 0.3 is 12.3 Å². The van der Waals surface area contributed by atoms with E-state index in [4.69, 9.17) is 21.4 Å². The van der Waals surface area contributed by atoms with Gasteiger partial charge in [0.2, 0.25) is 5.88 Å². The standard InChI is InChI=1S/C17H15ClF3N3O4S/c1-22-13(25)8-4-29-12-9(17(19,20)21)10(18)14(23-11(8)12)28-7-2-16(3-7)5-24(6-16)15(26)27/h4,7H,2-3,5-6H2,1H3,(H,22,25)(H,26,27). The molecule has 2 fully saturated rings. The quantitative estimate of drug-likeness (QED) is 0.742. The minimum Gasteiger partial charge on any atom is -0.473 e. The summed E-state index contributed by atoms with van der Waals surface area (Å²) in [7, 11) is 1.37. The number of ether oxygens (including phenoxy) is 1. The first-order valence-corrected chi connectivity index (χ1v) is 9.85. The van der Waals surface area contributed by atoms with Crippen LogP contribution in [-0.2, 0) is 6.18 Å². The first-order valence-electron chi connectivity index (χ1n) is 8.59. The summed E-state index contributed by atoms with van der Waals surface area (Å²) in [5.41, 5.74) is -1.37. The van der Waals surface area contributed by atoms with Gasteiger partial charge in [0.05, 0.1) is 21.3 Å². The molecule has 1 spiro atoms. The number of rotatable bonds is 3. The zero-order chi connectivity index (χ0) is 21.1. The fourth-order valence-electron chi connectivity index (χ4n) is 3.93. The van der Waals surface area contributed by atoms with Gasteiger partial charge in [-0.25, -0.2) is 9.78 Å². The molecule has 1 saturated heterocycles. The topological polar surface area (TPSA) is 91.8 Å². The Hall–Kier alpha value is -2.27. The normalized spacial score (nSPS) is 18.4. The third-order valence-corrected chi connectivity index (χ3v) is 6.63. The number of halogens is 4. The Morgan fingerprint density at radius 1 is 1.41 bits per heavy atom. The number of amides is 2. The van der Waals surface area contributed by atoms with Crippen molar-refractivity contribution < 1.29 is 32.6 Å². The molecular weight excluding hydrogens is 435 g/mol. The van der Waals surface area contributed by atoms with E-state index >= 15 is 0 Å². The third-order valence-electron chi connectivity index (χ3n) is 5.29. The number of thiophene rings is 1. The Balaban J connectivity index is 1.64. The van der Waals surface area contributed by atoms with E-state index in [0.717, 1.165) is 11.3 Å². The van der Waals surface area contributed by atoms with Gasteiger partial charge in [-0.05, 0) is 12.8 Å². The molecule has 2 amide bonds. The number of hydrogen-bond acceptors (Lipinski definition) is 5. The van der Waals surface area contributed by atoms with E-state index in [-0.39, 0.29) is 27.1 Å². The van der Waals surface area contributed by atoms with Crippen LogP contribution in [0.2, 0.25) is 5.02 Å². The molecule has 1 aliphatic carbocycles. The van der Waals surface area contributed by atoms with Crippen molar-refractivity contribution in [1.82, 2.24) is 15.2 Å². The molecule has 3 heterocycles. The number of carbonyl (C=O) groups excluding carboxylic acids is 1. The van der Waals surface area contributed by atoms with Crippen LogP contribution in [-0.4, -0.2) is 53.2 Å². The molecule has 2 aliphatic rings. The van der Waals surface area contributed by atoms with Gasteiger partial charge < -0.3 is 20.1 Å². The maximum Gasteiger partial charge on any atom is 0.419 e. The van der Waals surface area contributed by atoms with Crippen molar-refractivity contribution in [2.45, 2.75) is 25.1 Å². The number of aromatic nitrogens is 1. The van der Waals surface area contributed by atoms with E-state index in [0.29, 0.717) is 25.9 Å². The fourth-order valence-corrected chi connectivity index (χ4v) is 5.33. The first-order chi connectivity index (χ1) is 13.5. The van der Waals surface area contributed by atoms with E-state index in [1.165, 1.54) is 17.3 Å². The van der Waals surface area contributed by atoms with E-state index in [1.54, 1.807) is 0 Å². The summed E-state index contributed by atoms with van der Waals surface area (Å²) in [5.74, 6) is -0.930. The number of pyridine rings is 1. The minimum atomic E-state index is -4.75. The van der Waals surface area contributed by atoms with Crippen LogP contribution in [0.4, 0.5) is 18.0 Å². The summed E-state index contributed by atoms with van der Waals surface area (Å²) < 4.78 is 46.4. The van der Waals surface area contributed by atoms with E-state index in [9.17, 15) is 22.8 Å². The molecule has 29 heavy (non-hydrogen) atoms. The van der Waals surface area contributed by atoms with Crippen LogP contribution >= 0.6 is 22.9 Å². The Kier molecular flexibility index (Phi) is 4.57. The van der Waals surface area contributed by atoms with Crippen molar-refractivity contribution in [3.05, 3.63) is 21.5 Å². The SMILES string of the molecule is CNC(=O)c1csc2c(C(F)(F)F)c(Cl)c(OC3CC4(C3)CN(C(=O)O)C4)nc12. The van der Waals surface area contributed by atoms with Crippen LogP contribution < -0.4 is 10.1 Å².